The van der Waals surface area contributed by atoms with Gasteiger partial charge in [-0.15, -0.1) is 0 Å². The summed E-state index contributed by atoms with van der Waals surface area (Å²) in [6.07, 6.45) is 1.48. The number of nitrogens with one attached hydrogen (secondary N) is 1. The minimum absolute atomic E-state index is 0.0921. The fraction of sp³-hybridized carbons (Fsp3) is 0. The number of rotatable bonds is 1. The van der Waals surface area contributed by atoms with Crippen LogP contribution in [0.15, 0.2) is 28.9 Å². The number of H-pyrrole nitrogens is 1. The maximum absolute atomic E-state index is 13.9. The van der Waals surface area contributed by atoms with Crippen LogP contribution in [0.1, 0.15) is 0 Å². The summed E-state index contributed by atoms with van der Waals surface area (Å²) < 4.78 is 42.4. The van der Waals surface area contributed by atoms with E-state index in [1.165, 1.54) is 6.20 Å². The van der Waals surface area contributed by atoms with Crippen molar-refractivity contribution in [1.29, 1.82) is 0 Å². The van der Waals surface area contributed by atoms with Crippen LogP contribution < -0.4 is 0 Å². The SMILES string of the molecule is Fc1cc(F)c(F)c(-n2c(=S)[nH]c3cc(Br)cnc32)c1. The monoisotopic (exact) mass is 359 g/mol. The number of aromatic amines is 1. The van der Waals surface area contributed by atoms with Crippen molar-refractivity contribution < 1.29 is 13.2 Å². The van der Waals surface area contributed by atoms with Gasteiger partial charge in [0.15, 0.2) is 22.1 Å². The lowest BCUT2D eigenvalue weighted by Gasteiger charge is -2.06. The summed E-state index contributed by atoms with van der Waals surface area (Å²) in [6.45, 7) is 0. The predicted octanol–water partition coefficient (Wildman–Crippen LogP) is 4.26. The second-order valence-corrected chi connectivity index (χ2v) is 5.31. The van der Waals surface area contributed by atoms with E-state index < -0.39 is 17.5 Å². The molecule has 0 fully saturated rings. The highest BCUT2D eigenvalue weighted by molar-refractivity contribution is 9.10. The van der Waals surface area contributed by atoms with Crippen molar-refractivity contribution in [3.8, 4) is 5.69 Å². The molecule has 0 atom stereocenters. The van der Waals surface area contributed by atoms with Gasteiger partial charge in [-0.25, -0.2) is 18.2 Å². The van der Waals surface area contributed by atoms with Gasteiger partial charge in [-0.3, -0.25) is 4.57 Å². The van der Waals surface area contributed by atoms with Crippen molar-refractivity contribution in [1.82, 2.24) is 14.5 Å². The maximum Gasteiger partial charge on any atom is 0.184 e. The molecule has 0 amide bonds. The molecule has 1 aromatic carbocycles. The van der Waals surface area contributed by atoms with Gasteiger partial charge in [0, 0.05) is 22.8 Å². The Balaban J connectivity index is 2.41. The van der Waals surface area contributed by atoms with Crippen molar-refractivity contribution in [3.63, 3.8) is 0 Å². The van der Waals surface area contributed by atoms with E-state index in [9.17, 15) is 13.2 Å². The fourth-order valence-corrected chi connectivity index (χ4v) is 2.52. The number of nitrogens with zero attached hydrogens (tertiary/aromatic N) is 2. The number of halogens is 4. The van der Waals surface area contributed by atoms with Gasteiger partial charge in [0.1, 0.15) is 5.82 Å². The molecule has 2 aromatic heterocycles. The largest absolute Gasteiger partial charge is 0.329 e. The van der Waals surface area contributed by atoms with Crippen molar-refractivity contribution in [3.05, 3.63) is 51.1 Å². The number of hydrogen-bond donors (Lipinski definition) is 1. The highest BCUT2D eigenvalue weighted by Crippen LogP contribution is 2.24. The first-order valence-electron chi connectivity index (χ1n) is 5.38. The van der Waals surface area contributed by atoms with Gasteiger partial charge < -0.3 is 4.98 Å². The third-order valence-corrected chi connectivity index (χ3v) is 3.42. The zero-order valence-corrected chi connectivity index (χ0v) is 12.0. The quantitative estimate of drug-likeness (QED) is 0.520. The number of aromatic nitrogens is 3. The van der Waals surface area contributed by atoms with E-state index in [0.29, 0.717) is 16.1 Å². The summed E-state index contributed by atoms with van der Waals surface area (Å²) in [7, 11) is 0. The van der Waals surface area contributed by atoms with E-state index in [0.717, 1.165) is 10.6 Å². The van der Waals surface area contributed by atoms with E-state index in [-0.39, 0.29) is 16.1 Å². The first-order chi connectivity index (χ1) is 9.47. The van der Waals surface area contributed by atoms with Gasteiger partial charge in [-0.05, 0) is 34.2 Å². The molecule has 102 valence electrons. The number of fused-ring (bicyclic) bond motifs is 1. The maximum atomic E-state index is 13.9. The van der Waals surface area contributed by atoms with Crippen LogP contribution in [-0.4, -0.2) is 14.5 Å². The lowest BCUT2D eigenvalue weighted by atomic mass is 10.2. The molecule has 3 nitrogen and oxygen atoms in total. The van der Waals surface area contributed by atoms with Crippen molar-refractivity contribution >= 4 is 39.3 Å². The summed E-state index contributed by atoms with van der Waals surface area (Å²) in [5.41, 5.74) is 0.476. The third-order valence-electron chi connectivity index (χ3n) is 2.70. The molecule has 0 saturated heterocycles. The van der Waals surface area contributed by atoms with Gasteiger partial charge in [0.25, 0.3) is 0 Å². The van der Waals surface area contributed by atoms with Crippen molar-refractivity contribution in [2.45, 2.75) is 0 Å². The van der Waals surface area contributed by atoms with Crippen LogP contribution in [0.3, 0.4) is 0 Å². The lowest BCUT2D eigenvalue weighted by molar-refractivity contribution is 0.491. The summed E-state index contributed by atoms with van der Waals surface area (Å²) in [5.74, 6) is -3.37. The Morgan fingerprint density at radius 1 is 1.20 bits per heavy atom. The van der Waals surface area contributed by atoms with E-state index in [1.54, 1.807) is 6.07 Å². The predicted molar refractivity (Wildman–Crippen MR) is 73.8 cm³/mol. The van der Waals surface area contributed by atoms with Gasteiger partial charge in [-0.1, -0.05) is 0 Å². The molecule has 0 saturated carbocycles. The molecule has 20 heavy (non-hydrogen) atoms. The molecule has 1 N–H and O–H groups in total. The minimum atomic E-state index is -1.28. The smallest absolute Gasteiger partial charge is 0.184 e. The van der Waals surface area contributed by atoms with Gasteiger partial charge in [0.05, 0.1) is 11.2 Å². The van der Waals surface area contributed by atoms with Crippen LogP contribution >= 0.6 is 28.1 Å². The molecular formula is C12H5BrF3N3S. The van der Waals surface area contributed by atoms with Gasteiger partial charge in [-0.2, -0.15) is 0 Å². The van der Waals surface area contributed by atoms with Crippen LogP contribution in [0.25, 0.3) is 16.9 Å². The molecule has 8 heteroatoms. The molecule has 0 radical (unpaired) electrons. The average Bonchev–Trinajstić information content (AvgIpc) is 2.69. The van der Waals surface area contributed by atoms with Crippen molar-refractivity contribution in [2.75, 3.05) is 0 Å². The Morgan fingerprint density at radius 2 is 1.95 bits per heavy atom. The highest BCUT2D eigenvalue weighted by atomic mass is 79.9. The standard InChI is InChI=1S/C12H5BrF3N3S/c13-5-1-8-11(17-4-5)19(12(20)18-8)9-3-6(14)2-7(15)10(9)16/h1-4H,(H,18,20). The van der Waals surface area contributed by atoms with E-state index >= 15 is 0 Å². The molecule has 2 heterocycles. The van der Waals surface area contributed by atoms with Crippen LogP contribution in [0.5, 0.6) is 0 Å². The molecule has 0 unspecified atom stereocenters. The Kier molecular flexibility index (Phi) is 3.14. The molecule has 0 aliphatic rings. The topological polar surface area (TPSA) is 33.6 Å². The molecule has 3 rings (SSSR count). The van der Waals surface area contributed by atoms with E-state index in [1.807, 2.05) is 0 Å². The Morgan fingerprint density at radius 3 is 2.70 bits per heavy atom. The van der Waals surface area contributed by atoms with E-state index in [2.05, 4.69) is 25.9 Å². The third kappa shape index (κ3) is 2.04. The van der Waals surface area contributed by atoms with Crippen molar-refractivity contribution in [2.24, 2.45) is 0 Å². The number of imidazole rings is 1. The summed E-state index contributed by atoms with van der Waals surface area (Å²) in [6, 6.07) is 3.02. The number of pyridine rings is 1. The summed E-state index contributed by atoms with van der Waals surface area (Å²) in [4.78, 5) is 6.89. The second-order valence-electron chi connectivity index (χ2n) is 4.01. The Hall–Kier alpha value is -1.67. The van der Waals surface area contributed by atoms with Crippen LogP contribution in [0, 0.1) is 22.2 Å². The minimum Gasteiger partial charge on any atom is -0.329 e. The summed E-state index contributed by atoms with van der Waals surface area (Å²) >= 11 is 8.31. The average molecular weight is 360 g/mol. The van der Waals surface area contributed by atoms with Crippen LogP contribution in [0.2, 0.25) is 0 Å². The number of hydrogen-bond acceptors (Lipinski definition) is 2. The van der Waals surface area contributed by atoms with Crippen LogP contribution in [-0.2, 0) is 0 Å². The molecular weight excluding hydrogens is 355 g/mol. The molecule has 3 aromatic rings. The Labute approximate surface area is 124 Å². The fourth-order valence-electron chi connectivity index (χ4n) is 1.90. The Bertz CT molecular complexity index is 888. The highest BCUT2D eigenvalue weighted by Gasteiger charge is 2.16. The normalized spacial score (nSPS) is 11.2. The summed E-state index contributed by atoms with van der Waals surface area (Å²) in [5, 5.41) is 0. The molecule has 0 aliphatic carbocycles. The molecule has 0 spiro atoms. The van der Waals surface area contributed by atoms with Crippen LogP contribution in [0.4, 0.5) is 13.2 Å². The number of benzene rings is 1. The van der Waals surface area contributed by atoms with E-state index in [4.69, 9.17) is 12.2 Å². The zero-order valence-electron chi connectivity index (χ0n) is 9.62. The van der Waals surface area contributed by atoms with Gasteiger partial charge >= 0.3 is 0 Å². The molecule has 0 aliphatic heterocycles. The first-order valence-corrected chi connectivity index (χ1v) is 6.58. The van der Waals surface area contributed by atoms with Gasteiger partial charge in [0.2, 0.25) is 0 Å². The zero-order chi connectivity index (χ0) is 14.4. The second kappa shape index (κ2) is 4.71. The first kappa shape index (κ1) is 13.3. The molecule has 0 bridgehead atoms. The lowest BCUT2D eigenvalue weighted by Crippen LogP contribution is -2.02.